The van der Waals surface area contributed by atoms with Crippen molar-refractivity contribution in [2.45, 2.75) is 25.7 Å². The summed E-state index contributed by atoms with van der Waals surface area (Å²) in [7, 11) is 1.59. The van der Waals surface area contributed by atoms with E-state index in [9.17, 15) is 4.79 Å². The third-order valence-electron chi connectivity index (χ3n) is 3.35. The second-order valence-electron chi connectivity index (χ2n) is 4.75. The highest BCUT2D eigenvalue weighted by Crippen LogP contribution is 2.38. The van der Waals surface area contributed by atoms with Crippen LogP contribution in [0.2, 0.25) is 0 Å². The Morgan fingerprint density at radius 2 is 2.16 bits per heavy atom. The van der Waals surface area contributed by atoms with Gasteiger partial charge in [-0.3, -0.25) is 9.78 Å². The maximum Gasteiger partial charge on any atom is 0.254 e. The maximum atomic E-state index is 12.0. The van der Waals surface area contributed by atoms with Gasteiger partial charge in [0.05, 0.1) is 7.11 Å². The molecule has 1 aliphatic carbocycles. The van der Waals surface area contributed by atoms with Crippen LogP contribution in [0.15, 0.2) is 23.1 Å². The number of methoxy groups -OCH3 is 1. The fourth-order valence-electron chi connectivity index (χ4n) is 2.06. The van der Waals surface area contributed by atoms with Crippen LogP contribution in [-0.4, -0.2) is 22.1 Å². The summed E-state index contributed by atoms with van der Waals surface area (Å²) in [6.07, 6.45) is 3.85. The molecule has 98 valence electrons. The first-order chi connectivity index (χ1) is 9.20. The molecule has 0 unspecified atom stereocenters. The van der Waals surface area contributed by atoms with Crippen molar-refractivity contribution in [1.82, 2.24) is 15.0 Å². The van der Waals surface area contributed by atoms with Gasteiger partial charge in [-0.15, -0.1) is 0 Å². The van der Waals surface area contributed by atoms with Crippen LogP contribution in [0.1, 0.15) is 30.1 Å². The molecule has 3 rings (SSSR count). The first-order valence-corrected chi connectivity index (χ1v) is 6.31. The molecule has 0 aromatic carbocycles. The molecule has 0 atom stereocenters. The molecule has 1 saturated carbocycles. The van der Waals surface area contributed by atoms with E-state index >= 15 is 0 Å². The molecule has 0 aliphatic heterocycles. The van der Waals surface area contributed by atoms with Gasteiger partial charge in [-0.25, -0.2) is 4.98 Å². The minimum absolute atomic E-state index is 0.0976. The van der Waals surface area contributed by atoms with Gasteiger partial charge in [0.2, 0.25) is 0 Å². The van der Waals surface area contributed by atoms with Crippen LogP contribution in [0.5, 0.6) is 5.75 Å². The van der Waals surface area contributed by atoms with Gasteiger partial charge in [0.25, 0.3) is 5.56 Å². The quantitative estimate of drug-likeness (QED) is 0.913. The number of hydrogen-bond acceptors (Lipinski definition) is 4. The lowest BCUT2D eigenvalue weighted by molar-refractivity contribution is 0.414. The number of H-pyrrole nitrogens is 1. The van der Waals surface area contributed by atoms with Crippen LogP contribution in [0.25, 0.3) is 11.4 Å². The highest BCUT2D eigenvalue weighted by Gasteiger charge is 2.27. The van der Waals surface area contributed by atoms with Crippen LogP contribution in [0.4, 0.5) is 0 Å². The summed E-state index contributed by atoms with van der Waals surface area (Å²) in [5.74, 6) is 1.78. The molecule has 19 heavy (non-hydrogen) atoms. The molecule has 0 saturated heterocycles. The normalized spacial score (nSPS) is 14.4. The second-order valence-corrected chi connectivity index (χ2v) is 4.75. The van der Waals surface area contributed by atoms with Crippen molar-refractivity contribution < 1.29 is 4.74 Å². The van der Waals surface area contributed by atoms with E-state index in [1.165, 1.54) is 0 Å². The molecule has 5 nitrogen and oxygen atoms in total. The number of aromatic amines is 1. The van der Waals surface area contributed by atoms with Crippen LogP contribution in [-0.2, 0) is 0 Å². The van der Waals surface area contributed by atoms with Gasteiger partial charge in [0.15, 0.2) is 0 Å². The Kier molecular flexibility index (Phi) is 2.81. The minimum Gasteiger partial charge on any atom is -0.494 e. The summed E-state index contributed by atoms with van der Waals surface area (Å²) in [4.78, 5) is 23.7. The SMILES string of the molecule is COc1cccnc1-c1nc(C2CC2)[nH]c(=O)c1C. The third kappa shape index (κ3) is 2.12. The number of nitrogens with zero attached hydrogens (tertiary/aromatic N) is 2. The molecule has 2 aromatic heterocycles. The highest BCUT2D eigenvalue weighted by atomic mass is 16.5. The van der Waals surface area contributed by atoms with E-state index in [1.54, 1.807) is 26.3 Å². The lowest BCUT2D eigenvalue weighted by atomic mass is 10.1. The summed E-state index contributed by atoms with van der Waals surface area (Å²) in [6, 6.07) is 3.62. The van der Waals surface area contributed by atoms with Crippen LogP contribution >= 0.6 is 0 Å². The van der Waals surface area contributed by atoms with E-state index in [-0.39, 0.29) is 5.56 Å². The molecular weight excluding hydrogens is 242 g/mol. The topological polar surface area (TPSA) is 67.9 Å². The van der Waals surface area contributed by atoms with E-state index in [0.29, 0.717) is 28.6 Å². The number of nitrogens with one attached hydrogen (secondary N) is 1. The summed E-state index contributed by atoms with van der Waals surface area (Å²) < 4.78 is 5.30. The number of ether oxygens (including phenoxy) is 1. The van der Waals surface area contributed by atoms with Gasteiger partial charge < -0.3 is 9.72 Å². The van der Waals surface area contributed by atoms with Crippen LogP contribution in [0, 0.1) is 6.92 Å². The first kappa shape index (κ1) is 11.9. The standard InChI is InChI=1S/C14H15N3O2/c1-8-11(12-10(19-2)4-3-7-15-12)16-13(9-5-6-9)17-14(8)18/h3-4,7,9H,5-6H2,1-2H3,(H,16,17,18). The summed E-state index contributed by atoms with van der Waals surface area (Å²) in [5, 5.41) is 0. The Bertz CT molecular complexity index is 675. The molecule has 5 heteroatoms. The van der Waals surface area contributed by atoms with Crippen molar-refractivity contribution in [2.75, 3.05) is 7.11 Å². The average molecular weight is 257 g/mol. The van der Waals surface area contributed by atoms with Gasteiger partial charge in [0.1, 0.15) is 23.0 Å². The fourth-order valence-corrected chi connectivity index (χ4v) is 2.06. The lowest BCUT2D eigenvalue weighted by Gasteiger charge is -2.09. The molecule has 1 fully saturated rings. The molecule has 0 spiro atoms. The Labute approximate surface area is 110 Å². The van der Waals surface area contributed by atoms with E-state index in [4.69, 9.17) is 4.74 Å². The molecule has 2 aromatic rings. The zero-order chi connectivity index (χ0) is 13.4. The first-order valence-electron chi connectivity index (χ1n) is 6.31. The maximum absolute atomic E-state index is 12.0. The van der Waals surface area contributed by atoms with Crippen LogP contribution in [0.3, 0.4) is 0 Å². The predicted octanol–water partition coefficient (Wildman–Crippen LogP) is 2.03. The van der Waals surface area contributed by atoms with E-state index < -0.39 is 0 Å². The van der Waals surface area contributed by atoms with Crippen LogP contribution < -0.4 is 10.3 Å². The number of aromatic nitrogens is 3. The predicted molar refractivity (Wildman–Crippen MR) is 71.4 cm³/mol. The second kappa shape index (κ2) is 4.50. The van der Waals surface area contributed by atoms with Crippen molar-refractivity contribution in [3.63, 3.8) is 0 Å². The molecule has 0 bridgehead atoms. The Hall–Kier alpha value is -2.17. The molecular formula is C14H15N3O2. The number of pyridine rings is 1. The smallest absolute Gasteiger partial charge is 0.254 e. The number of rotatable bonds is 3. The zero-order valence-electron chi connectivity index (χ0n) is 10.9. The molecule has 2 heterocycles. The van der Waals surface area contributed by atoms with Crippen molar-refractivity contribution >= 4 is 0 Å². The van der Waals surface area contributed by atoms with E-state index in [2.05, 4.69) is 15.0 Å². The lowest BCUT2D eigenvalue weighted by Crippen LogP contribution is -2.16. The van der Waals surface area contributed by atoms with Crippen molar-refractivity contribution in [2.24, 2.45) is 0 Å². The Balaban J connectivity index is 2.20. The van der Waals surface area contributed by atoms with E-state index in [1.807, 2.05) is 6.07 Å². The monoisotopic (exact) mass is 257 g/mol. The molecule has 0 amide bonds. The van der Waals surface area contributed by atoms with Crippen molar-refractivity contribution in [1.29, 1.82) is 0 Å². The Morgan fingerprint density at radius 3 is 2.84 bits per heavy atom. The zero-order valence-corrected chi connectivity index (χ0v) is 10.9. The summed E-state index contributed by atoms with van der Waals surface area (Å²) >= 11 is 0. The summed E-state index contributed by atoms with van der Waals surface area (Å²) in [5.41, 5.74) is 1.71. The van der Waals surface area contributed by atoms with Crippen molar-refractivity contribution in [3.05, 3.63) is 40.1 Å². The average Bonchev–Trinajstić information content (AvgIpc) is 3.26. The molecule has 1 aliphatic rings. The molecule has 0 radical (unpaired) electrons. The van der Waals surface area contributed by atoms with Gasteiger partial charge in [-0.2, -0.15) is 0 Å². The van der Waals surface area contributed by atoms with Gasteiger partial charge in [-0.05, 0) is 31.9 Å². The van der Waals surface area contributed by atoms with Gasteiger partial charge >= 0.3 is 0 Å². The minimum atomic E-state index is -0.0976. The van der Waals surface area contributed by atoms with Gasteiger partial charge in [0, 0.05) is 17.7 Å². The highest BCUT2D eigenvalue weighted by molar-refractivity contribution is 5.65. The molecule has 1 N–H and O–H groups in total. The largest absolute Gasteiger partial charge is 0.494 e. The Morgan fingerprint density at radius 1 is 1.37 bits per heavy atom. The van der Waals surface area contributed by atoms with Gasteiger partial charge in [-0.1, -0.05) is 0 Å². The summed E-state index contributed by atoms with van der Waals surface area (Å²) in [6.45, 7) is 1.76. The third-order valence-corrected chi connectivity index (χ3v) is 3.35. The fraction of sp³-hybridized carbons (Fsp3) is 0.357. The van der Waals surface area contributed by atoms with Crippen molar-refractivity contribution in [3.8, 4) is 17.1 Å². The number of hydrogen-bond donors (Lipinski definition) is 1. The van der Waals surface area contributed by atoms with E-state index in [0.717, 1.165) is 18.7 Å².